The second-order valence-corrected chi connectivity index (χ2v) is 6.27. The lowest BCUT2D eigenvalue weighted by Crippen LogP contribution is -2.31. The van der Waals surface area contributed by atoms with E-state index in [-0.39, 0.29) is 0 Å². The number of rotatable bonds is 3. The van der Waals surface area contributed by atoms with Crippen molar-refractivity contribution in [1.82, 2.24) is 4.90 Å². The van der Waals surface area contributed by atoms with Gasteiger partial charge in [0.25, 0.3) is 0 Å². The van der Waals surface area contributed by atoms with Gasteiger partial charge in [0.1, 0.15) is 0 Å². The molecule has 0 spiro atoms. The minimum Gasteiger partial charge on any atom is -0.387 e. The average Bonchev–Trinajstić information content (AvgIpc) is 2.76. The Kier molecular flexibility index (Phi) is 3.77. The van der Waals surface area contributed by atoms with Crippen LogP contribution < -0.4 is 0 Å². The predicted octanol–water partition coefficient (Wildman–Crippen LogP) is 3.60. The van der Waals surface area contributed by atoms with Crippen molar-refractivity contribution in [2.75, 3.05) is 13.1 Å². The van der Waals surface area contributed by atoms with Crippen molar-refractivity contribution in [2.24, 2.45) is 5.92 Å². The number of benzene rings is 2. The Bertz CT molecular complexity index is 595. The molecule has 0 aromatic heterocycles. The summed E-state index contributed by atoms with van der Waals surface area (Å²) in [6.45, 7) is 6.39. The minimum atomic E-state index is -0.396. The monoisotopic (exact) mass is 269 g/mol. The fraction of sp³-hybridized carbons (Fsp3) is 0.444. The first-order valence-electron chi connectivity index (χ1n) is 7.54. The molecular formula is C18H23NO. The lowest BCUT2D eigenvalue weighted by Gasteiger charge is -2.24. The Balaban J connectivity index is 1.76. The summed E-state index contributed by atoms with van der Waals surface area (Å²) >= 11 is 0. The Hall–Kier alpha value is -1.38. The quantitative estimate of drug-likeness (QED) is 0.920. The highest BCUT2D eigenvalue weighted by atomic mass is 16.3. The molecule has 1 aliphatic heterocycles. The van der Waals surface area contributed by atoms with Crippen molar-refractivity contribution in [3.8, 4) is 0 Å². The van der Waals surface area contributed by atoms with Gasteiger partial charge in [0.2, 0.25) is 0 Å². The van der Waals surface area contributed by atoms with Crippen molar-refractivity contribution >= 4 is 10.8 Å². The molecule has 0 radical (unpaired) electrons. The molecular weight excluding hydrogens is 246 g/mol. The third kappa shape index (κ3) is 2.72. The Morgan fingerprint density at radius 1 is 1.15 bits per heavy atom. The predicted molar refractivity (Wildman–Crippen MR) is 83.7 cm³/mol. The van der Waals surface area contributed by atoms with Gasteiger partial charge in [-0.25, -0.2) is 0 Å². The van der Waals surface area contributed by atoms with Gasteiger partial charge in [-0.05, 0) is 41.7 Å². The van der Waals surface area contributed by atoms with Crippen LogP contribution in [0.4, 0.5) is 0 Å². The summed E-state index contributed by atoms with van der Waals surface area (Å²) in [5, 5.41) is 12.9. The Labute approximate surface area is 121 Å². The number of aliphatic hydroxyl groups is 1. The van der Waals surface area contributed by atoms with Gasteiger partial charge in [-0.2, -0.15) is 0 Å². The van der Waals surface area contributed by atoms with Gasteiger partial charge in [-0.15, -0.1) is 0 Å². The van der Waals surface area contributed by atoms with Crippen molar-refractivity contribution in [2.45, 2.75) is 32.4 Å². The summed E-state index contributed by atoms with van der Waals surface area (Å²) in [5.74, 6) is 0.744. The molecule has 0 amide bonds. The molecule has 0 aliphatic carbocycles. The van der Waals surface area contributed by atoms with Crippen LogP contribution >= 0.6 is 0 Å². The van der Waals surface area contributed by atoms with Crippen LogP contribution in [0.1, 0.15) is 31.9 Å². The van der Waals surface area contributed by atoms with E-state index in [0.717, 1.165) is 24.6 Å². The van der Waals surface area contributed by atoms with Crippen LogP contribution in [0.2, 0.25) is 0 Å². The van der Waals surface area contributed by atoms with Crippen LogP contribution in [0.5, 0.6) is 0 Å². The summed E-state index contributed by atoms with van der Waals surface area (Å²) in [5.41, 5.74) is 1.02. The topological polar surface area (TPSA) is 23.5 Å². The van der Waals surface area contributed by atoms with Crippen molar-refractivity contribution in [3.63, 3.8) is 0 Å². The Morgan fingerprint density at radius 2 is 1.90 bits per heavy atom. The van der Waals surface area contributed by atoms with Gasteiger partial charge < -0.3 is 5.11 Å². The van der Waals surface area contributed by atoms with Crippen LogP contribution in [-0.2, 0) is 0 Å². The molecule has 2 aromatic rings. The zero-order valence-electron chi connectivity index (χ0n) is 12.3. The van der Waals surface area contributed by atoms with Crippen molar-refractivity contribution in [3.05, 3.63) is 48.0 Å². The molecule has 2 nitrogen and oxygen atoms in total. The van der Waals surface area contributed by atoms with Crippen LogP contribution in [0, 0.1) is 5.92 Å². The summed E-state index contributed by atoms with van der Waals surface area (Å²) in [6.07, 6.45) is 0.845. The Morgan fingerprint density at radius 3 is 2.60 bits per heavy atom. The van der Waals surface area contributed by atoms with Crippen molar-refractivity contribution < 1.29 is 5.11 Å². The van der Waals surface area contributed by atoms with E-state index in [2.05, 4.69) is 49.1 Å². The zero-order valence-corrected chi connectivity index (χ0v) is 12.3. The summed E-state index contributed by atoms with van der Waals surface area (Å²) in [6, 6.07) is 15.2. The van der Waals surface area contributed by atoms with E-state index in [4.69, 9.17) is 0 Å². The summed E-state index contributed by atoms with van der Waals surface area (Å²) < 4.78 is 0. The molecule has 0 saturated carbocycles. The molecule has 2 heteroatoms. The van der Waals surface area contributed by atoms with E-state index in [0.29, 0.717) is 6.04 Å². The number of nitrogens with zero attached hydrogens (tertiary/aromatic N) is 1. The number of hydrogen-bond acceptors (Lipinski definition) is 2. The van der Waals surface area contributed by atoms with E-state index >= 15 is 0 Å². The molecule has 1 N–H and O–H groups in total. The van der Waals surface area contributed by atoms with E-state index < -0.39 is 6.10 Å². The van der Waals surface area contributed by atoms with E-state index in [1.165, 1.54) is 17.2 Å². The molecule has 1 heterocycles. The molecule has 2 aromatic carbocycles. The fourth-order valence-electron chi connectivity index (χ4n) is 3.38. The second kappa shape index (κ2) is 5.55. The summed E-state index contributed by atoms with van der Waals surface area (Å²) in [4.78, 5) is 2.41. The van der Waals surface area contributed by atoms with Crippen LogP contribution in [0.3, 0.4) is 0 Å². The van der Waals surface area contributed by atoms with Crippen molar-refractivity contribution in [1.29, 1.82) is 0 Å². The highest BCUT2D eigenvalue weighted by Gasteiger charge is 2.27. The highest BCUT2D eigenvalue weighted by Crippen LogP contribution is 2.26. The number of β-amino-alcohol motifs (C(OH)–C–C–N with tert-alkyl or cyclic N) is 1. The fourth-order valence-corrected chi connectivity index (χ4v) is 3.38. The molecule has 3 atom stereocenters. The van der Waals surface area contributed by atoms with Gasteiger partial charge in [-0.1, -0.05) is 43.3 Å². The molecule has 1 fully saturated rings. The van der Waals surface area contributed by atoms with Crippen LogP contribution in [0.25, 0.3) is 10.8 Å². The molecule has 1 aliphatic rings. The van der Waals surface area contributed by atoms with Crippen LogP contribution in [-0.4, -0.2) is 29.1 Å². The molecule has 3 rings (SSSR count). The van der Waals surface area contributed by atoms with E-state index in [9.17, 15) is 5.11 Å². The molecule has 0 bridgehead atoms. The molecule has 106 valence electrons. The van der Waals surface area contributed by atoms with Crippen LogP contribution in [0.15, 0.2) is 42.5 Å². The van der Waals surface area contributed by atoms with Gasteiger partial charge in [0.15, 0.2) is 0 Å². The summed E-state index contributed by atoms with van der Waals surface area (Å²) in [7, 11) is 0. The SMILES string of the molecule is CC1CC(C)N(CC(O)c2ccc3ccccc3c2)C1. The van der Waals surface area contributed by atoms with Gasteiger partial charge in [0.05, 0.1) is 6.10 Å². The van der Waals surface area contributed by atoms with E-state index in [1.807, 2.05) is 12.1 Å². The number of hydrogen-bond donors (Lipinski definition) is 1. The van der Waals surface area contributed by atoms with Gasteiger partial charge in [-0.3, -0.25) is 4.90 Å². The minimum absolute atomic E-state index is 0.396. The first kappa shape index (κ1) is 13.6. The molecule has 3 unspecified atom stereocenters. The third-order valence-corrected chi connectivity index (χ3v) is 4.48. The standard InChI is InChI=1S/C18H23NO/c1-13-9-14(2)19(11-13)12-18(20)17-8-7-15-5-3-4-6-16(15)10-17/h3-8,10,13-14,18,20H,9,11-12H2,1-2H3. The molecule has 20 heavy (non-hydrogen) atoms. The highest BCUT2D eigenvalue weighted by molar-refractivity contribution is 5.83. The average molecular weight is 269 g/mol. The zero-order chi connectivity index (χ0) is 14.1. The maximum Gasteiger partial charge on any atom is 0.0917 e. The lowest BCUT2D eigenvalue weighted by molar-refractivity contribution is 0.109. The number of fused-ring (bicyclic) bond motifs is 1. The number of likely N-dealkylation sites (tertiary alicyclic amines) is 1. The normalized spacial score (nSPS) is 25.1. The number of aliphatic hydroxyl groups excluding tert-OH is 1. The maximum atomic E-state index is 10.5. The van der Waals surface area contributed by atoms with Gasteiger partial charge in [0, 0.05) is 19.1 Å². The first-order valence-corrected chi connectivity index (χ1v) is 7.54. The second-order valence-electron chi connectivity index (χ2n) is 6.27. The molecule has 1 saturated heterocycles. The lowest BCUT2D eigenvalue weighted by atomic mass is 10.0. The van der Waals surface area contributed by atoms with Gasteiger partial charge >= 0.3 is 0 Å². The first-order chi connectivity index (χ1) is 9.63. The largest absolute Gasteiger partial charge is 0.387 e. The van der Waals surface area contributed by atoms with E-state index in [1.54, 1.807) is 0 Å². The smallest absolute Gasteiger partial charge is 0.0917 e. The third-order valence-electron chi connectivity index (χ3n) is 4.48. The maximum absolute atomic E-state index is 10.5.